The summed E-state index contributed by atoms with van der Waals surface area (Å²) in [6.45, 7) is 1.85. The molecule has 0 unspecified atom stereocenters. The van der Waals surface area contributed by atoms with Gasteiger partial charge in [-0.15, -0.1) is 0 Å². The number of carbonyl (C=O) groups excluding carboxylic acids is 1. The maximum Gasteiger partial charge on any atom is 0.237 e. The predicted octanol–water partition coefficient (Wildman–Crippen LogP) is 0.256. The first-order valence-electron chi connectivity index (χ1n) is 3.46. The fourth-order valence-corrected chi connectivity index (χ4v) is 1.32. The van der Waals surface area contributed by atoms with Crippen LogP contribution in [0, 0.1) is 5.92 Å². The van der Waals surface area contributed by atoms with Gasteiger partial charge in [0, 0.05) is 17.7 Å². The van der Waals surface area contributed by atoms with E-state index in [9.17, 15) is 4.79 Å². The van der Waals surface area contributed by atoms with Gasteiger partial charge in [0.1, 0.15) is 0 Å². The lowest BCUT2D eigenvalue weighted by Gasteiger charge is -2.19. The molecule has 0 aromatic heterocycles. The molecule has 0 bridgehead atoms. The van der Waals surface area contributed by atoms with Gasteiger partial charge in [-0.2, -0.15) is 0 Å². The van der Waals surface area contributed by atoms with Gasteiger partial charge in [-0.1, -0.05) is 0 Å². The van der Waals surface area contributed by atoms with Crippen molar-refractivity contribution in [1.82, 2.24) is 10.2 Å². The molecule has 1 heterocycles. The van der Waals surface area contributed by atoms with E-state index in [0.717, 1.165) is 25.9 Å². The highest BCUT2D eigenvalue weighted by Gasteiger charge is 2.19. The van der Waals surface area contributed by atoms with Gasteiger partial charge in [0.2, 0.25) is 5.91 Å². The van der Waals surface area contributed by atoms with E-state index < -0.39 is 0 Å². The highest BCUT2D eigenvalue weighted by molar-refractivity contribution is 6.21. The molecule has 1 aliphatic heterocycles. The summed E-state index contributed by atoms with van der Waals surface area (Å²) in [6, 6.07) is 0. The number of hydrogen-bond acceptors (Lipinski definition) is 2. The lowest BCUT2D eigenvalue weighted by atomic mass is 9.98. The molecule has 0 aromatic carbocycles. The van der Waals surface area contributed by atoms with Crippen molar-refractivity contribution in [3.05, 3.63) is 0 Å². The summed E-state index contributed by atoms with van der Waals surface area (Å²) in [5, 5.41) is 3.17. The molecule has 1 rings (SSSR count). The molecule has 0 spiro atoms. The minimum atomic E-state index is -0.0387. The molecular weight excluding hydrogens is 152 g/mol. The van der Waals surface area contributed by atoms with E-state index in [2.05, 4.69) is 10.2 Å². The van der Waals surface area contributed by atoms with Crippen molar-refractivity contribution in [2.24, 2.45) is 5.92 Å². The van der Waals surface area contributed by atoms with Gasteiger partial charge in [-0.25, -0.2) is 0 Å². The second-order valence-corrected chi connectivity index (χ2v) is 2.67. The molecule has 0 atom stereocenters. The number of nitrogens with one attached hydrogen (secondary N) is 2. The Morgan fingerprint density at radius 1 is 1.50 bits per heavy atom. The molecule has 10 heavy (non-hydrogen) atoms. The molecule has 2 N–H and O–H groups in total. The van der Waals surface area contributed by atoms with E-state index in [0.29, 0.717) is 0 Å². The Kier molecular flexibility index (Phi) is 2.96. The highest BCUT2D eigenvalue weighted by atomic mass is 35.5. The third-order valence-corrected chi connectivity index (χ3v) is 1.99. The average molecular weight is 163 g/mol. The summed E-state index contributed by atoms with van der Waals surface area (Å²) in [7, 11) is 0. The summed E-state index contributed by atoms with van der Waals surface area (Å²) >= 11 is 5.17. The van der Waals surface area contributed by atoms with Gasteiger partial charge in [0.25, 0.3) is 0 Å². The van der Waals surface area contributed by atoms with Gasteiger partial charge in [-0.05, 0) is 25.9 Å². The van der Waals surface area contributed by atoms with Crippen molar-refractivity contribution in [2.75, 3.05) is 13.1 Å². The third kappa shape index (κ3) is 1.85. The van der Waals surface area contributed by atoms with Gasteiger partial charge in [-0.3, -0.25) is 9.63 Å². The first-order valence-corrected chi connectivity index (χ1v) is 3.83. The molecule has 0 aromatic rings. The number of rotatable bonds is 1. The largest absolute Gasteiger partial charge is 0.317 e. The van der Waals surface area contributed by atoms with E-state index in [1.807, 2.05) is 0 Å². The van der Waals surface area contributed by atoms with Crippen LogP contribution < -0.4 is 10.2 Å². The number of piperidine rings is 1. The second kappa shape index (κ2) is 3.78. The Labute approximate surface area is 65.2 Å². The molecule has 3 nitrogen and oxygen atoms in total. The van der Waals surface area contributed by atoms with Crippen molar-refractivity contribution in [2.45, 2.75) is 12.8 Å². The fourth-order valence-electron chi connectivity index (χ4n) is 1.16. The smallest absolute Gasteiger partial charge is 0.237 e. The zero-order chi connectivity index (χ0) is 7.40. The standard InChI is InChI=1S/C6H11ClN2O/c7-9-6(10)5-1-3-8-4-2-5/h5,8H,1-4H2,(H,9,10). The molecule has 1 aliphatic rings. The lowest BCUT2D eigenvalue weighted by Crippen LogP contribution is -2.35. The van der Waals surface area contributed by atoms with Gasteiger partial charge in [0.15, 0.2) is 0 Å². The van der Waals surface area contributed by atoms with Crippen LogP contribution in [0.1, 0.15) is 12.8 Å². The van der Waals surface area contributed by atoms with Gasteiger partial charge in [0.05, 0.1) is 0 Å². The van der Waals surface area contributed by atoms with Crippen LogP contribution in [0.4, 0.5) is 0 Å². The summed E-state index contributed by atoms with van der Waals surface area (Å²) in [6.07, 6.45) is 1.80. The first kappa shape index (κ1) is 7.82. The molecule has 58 valence electrons. The molecule has 4 heteroatoms. The Morgan fingerprint density at radius 3 is 2.60 bits per heavy atom. The minimum absolute atomic E-state index is 0.0387. The predicted molar refractivity (Wildman–Crippen MR) is 39.6 cm³/mol. The van der Waals surface area contributed by atoms with Crippen molar-refractivity contribution in [3.63, 3.8) is 0 Å². The summed E-state index contributed by atoms with van der Waals surface area (Å²) in [4.78, 5) is 13.0. The molecule has 1 saturated heterocycles. The monoisotopic (exact) mass is 162 g/mol. The van der Waals surface area contributed by atoms with E-state index in [1.54, 1.807) is 0 Å². The van der Waals surface area contributed by atoms with Crippen LogP contribution in [-0.4, -0.2) is 19.0 Å². The number of carbonyl (C=O) groups is 1. The number of hydrogen-bond donors (Lipinski definition) is 2. The van der Waals surface area contributed by atoms with Crippen LogP contribution >= 0.6 is 11.8 Å². The van der Waals surface area contributed by atoms with Crippen LogP contribution in [-0.2, 0) is 4.79 Å². The highest BCUT2D eigenvalue weighted by Crippen LogP contribution is 2.11. The van der Waals surface area contributed by atoms with E-state index in [1.165, 1.54) is 0 Å². The molecule has 1 amide bonds. The molecule has 1 fully saturated rings. The molecule has 0 saturated carbocycles. The van der Waals surface area contributed by atoms with Crippen LogP contribution in [0.5, 0.6) is 0 Å². The minimum Gasteiger partial charge on any atom is -0.317 e. The van der Waals surface area contributed by atoms with E-state index >= 15 is 0 Å². The molecule has 0 radical (unpaired) electrons. The lowest BCUT2D eigenvalue weighted by molar-refractivity contribution is -0.123. The van der Waals surface area contributed by atoms with E-state index in [-0.39, 0.29) is 11.8 Å². The second-order valence-electron chi connectivity index (χ2n) is 2.48. The first-order chi connectivity index (χ1) is 4.84. The van der Waals surface area contributed by atoms with Crippen LogP contribution in [0.3, 0.4) is 0 Å². The zero-order valence-electron chi connectivity index (χ0n) is 5.69. The van der Waals surface area contributed by atoms with Gasteiger partial charge < -0.3 is 5.32 Å². The normalized spacial score (nSPS) is 20.5. The Morgan fingerprint density at radius 2 is 2.10 bits per heavy atom. The topological polar surface area (TPSA) is 41.1 Å². The van der Waals surface area contributed by atoms with Crippen molar-refractivity contribution < 1.29 is 4.79 Å². The molecule has 0 aliphatic carbocycles. The maximum absolute atomic E-state index is 10.9. The summed E-state index contributed by atoms with van der Waals surface area (Å²) < 4.78 is 0. The SMILES string of the molecule is O=C(NCl)C1CCNCC1. The van der Waals surface area contributed by atoms with E-state index in [4.69, 9.17) is 11.8 Å². The van der Waals surface area contributed by atoms with Crippen molar-refractivity contribution >= 4 is 17.7 Å². The van der Waals surface area contributed by atoms with Gasteiger partial charge >= 0.3 is 0 Å². The Bertz CT molecular complexity index is 123. The molecular formula is C6H11ClN2O. The third-order valence-electron chi connectivity index (χ3n) is 1.80. The zero-order valence-corrected chi connectivity index (χ0v) is 6.45. The maximum atomic E-state index is 10.9. The average Bonchev–Trinajstić information content (AvgIpc) is 2.05. The quantitative estimate of drug-likeness (QED) is 0.543. The Hall–Kier alpha value is -0.280. The van der Waals surface area contributed by atoms with Crippen LogP contribution in [0.15, 0.2) is 0 Å². The fraction of sp³-hybridized carbons (Fsp3) is 0.833. The number of amides is 1. The number of halogens is 1. The van der Waals surface area contributed by atoms with Crippen LogP contribution in [0.2, 0.25) is 0 Å². The van der Waals surface area contributed by atoms with Crippen molar-refractivity contribution in [3.8, 4) is 0 Å². The summed E-state index contributed by atoms with van der Waals surface area (Å²) in [5.41, 5.74) is 0. The summed E-state index contributed by atoms with van der Waals surface area (Å²) in [5.74, 6) is 0.0851. The Balaban J connectivity index is 2.31. The van der Waals surface area contributed by atoms with Crippen molar-refractivity contribution in [1.29, 1.82) is 0 Å². The van der Waals surface area contributed by atoms with Crippen LogP contribution in [0.25, 0.3) is 0 Å².